The minimum atomic E-state index is -0.279. The van der Waals surface area contributed by atoms with Gasteiger partial charge in [0.25, 0.3) is 0 Å². The van der Waals surface area contributed by atoms with Crippen molar-refractivity contribution in [2.24, 2.45) is 5.92 Å². The second-order valence-electron chi connectivity index (χ2n) is 5.61. The van der Waals surface area contributed by atoms with Crippen molar-refractivity contribution in [1.29, 1.82) is 0 Å². The topological polar surface area (TPSA) is 55.8 Å². The summed E-state index contributed by atoms with van der Waals surface area (Å²) in [5.74, 6) is 1.27. The van der Waals surface area contributed by atoms with Gasteiger partial charge in [0.1, 0.15) is 17.3 Å². The molecule has 3 rings (SSSR count). The third-order valence-electron chi connectivity index (χ3n) is 4.53. The maximum absolute atomic E-state index is 12.2. The highest BCUT2D eigenvalue weighted by atomic mass is 16.5. The summed E-state index contributed by atoms with van der Waals surface area (Å²) in [6, 6.07) is 3.61. The zero-order chi connectivity index (χ0) is 15.1. The number of Topliss-reactive ketones (excluding diaryl/α,β-unsaturated/α-hetero) is 1. The maximum Gasteiger partial charge on any atom is 0.223 e. The molecular weight excluding hydrogens is 270 g/mol. The first kappa shape index (κ1) is 13.9. The molecular formula is C16H19NO4. The Balaban J connectivity index is 2.15. The zero-order valence-corrected chi connectivity index (χ0v) is 12.5. The molecule has 0 aliphatic carbocycles. The van der Waals surface area contributed by atoms with Crippen LogP contribution in [0.15, 0.2) is 12.1 Å². The molecule has 0 saturated carbocycles. The molecule has 1 fully saturated rings. The molecule has 21 heavy (non-hydrogen) atoms. The summed E-state index contributed by atoms with van der Waals surface area (Å²) in [6.45, 7) is 2.21. The van der Waals surface area contributed by atoms with Gasteiger partial charge >= 0.3 is 0 Å². The van der Waals surface area contributed by atoms with Gasteiger partial charge in [-0.1, -0.05) is 0 Å². The lowest BCUT2D eigenvalue weighted by atomic mass is 9.84. The van der Waals surface area contributed by atoms with Gasteiger partial charge in [0.2, 0.25) is 5.91 Å². The van der Waals surface area contributed by atoms with E-state index in [0.29, 0.717) is 18.7 Å². The van der Waals surface area contributed by atoms with Gasteiger partial charge in [-0.2, -0.15) is 0 Å². The number of amides is 1. The van der Waals surface area contributed by atoms with Gasteiger partial charge in [-0.15, -0.1) is 0 Å². The van der Waals surface area contributed by atoms with Crippen molar-refractivity contribution in [3.05, 3.63) is 23.3 Å². The van der Waals surface area contributed by atoms with E-state index in [4.69, 9.17) is 9.47 Å². The number of fused-ring (bicyclic) bond motifs is 3. The van der Waals surface area contributed by atoms with Gasteiger partial charge in [-0.05, 0) is 25.0 Å². The summed E-state index contributed by atoms with van der Waals surface area (Å²) in [5.41, 5.74) is 2.07. The Kier molecular flexibility index (Phi) is 3.35. The SMILES string of the molecule is COc1cc2c(c(OC)c1)[C@@H]1[C@@H](C(C)=O)CC(=O)N1CC2. The van der Waals surface area contributed by atoms with Gasteiger partial charge in [0, 0.05) is 24.6 Å². The number of benzene rings is 1. The van der Waals surface area contributed by atoms with E-state index in [1.54, 1.807) is 21.1 Å². The lowest BCUT2D eigenvalue weighted by molar-refractivity contribution is -0.129. The normalized spacial score (nSPS) is 23.6. The molecule has 0 N–H and O–H groups in total. The van der Waals surface area contributed by atoms with Crippen LogP contribution in [0.3, 0.4) is 0 Å². The van der Waals surface area contributed by atoms with Gasteiger partial charge in [-0.25, -0.2) is 0 Å². The number of nitrogens with zero attached hydrogens (tertiary/aromatic N) is 1. The third kappa shape index (κ3) is 2.07. The zero-order valence-electron chi connectivity index (χ0n) is 12.5. The number of carbonyl (C=O) groups is 2. The minimum absolute atomic E-state index is 0.0570. The molecule has 112 valence electrons. The molecule has 1 saturated heterocycles. The van der Waals surface area contributed by atoms with Gasteiger partial charge < -0.3 is 14.4 Å². The summed E-state index contributed by atoms with van der Waals surface area (Å²) in [7, 11) is 3.22. The van der Waals surface area contributed by atoms with Gasteiger partial charge in [0.05, 0.1) is 26.2 Å². The summed E-state index contributed by atoms with van der Waals surface area (Å²) >= 11 is 0. The van der Waals surface area contributed by atoms with Crippen LogP contribution in [0.25, 0.3) is 0 Å². The Morgan fingerprint density at radius 2 is 2.05 bits per heavy atom. The van der Waals surface area contributed by atoms with E-state index in [1.807, 2.05) is 17.0 Å². The standard InChI is InChI=1S/C16H19NO4/c1-9(18)12-8-14(19)17-5-4-10-6-11(20-2)7-13(21-3)15(10)16(12)17/h6-7,12,16H,4-5,8H2,1-3H3/t12-,16+/m1/s1. The third-order valence-corrected chi connectivity index (χ3v) is 4.53. The fourth-order valence-electron chi connectivity index (χ4n) is 3.50. The molecule has 0 radical (unpaired) electrons. The van der Waals surface area contributed by atoms with E-state index in [9.17, 15) is 9.59 Å². The molecule has 1 aromatic carbocycles. The molecule has 2 aliphatic heterocycles. The van der Waals surface area contributed by atoms with Crippen molar-refractivity contribution in [2.45, 2.75) is 25.8 Å². The molecule has 2 heterocycles. The van der Waals surface area contributed by atoms with Crippen LogP contribution in [-0.2, 0) is 16.0 Å². The molecule has 0 aromatic heterocycles. The van der Waals surface area contributed by atoms with E-state index in [-0.39, 0.29) is 23.7 Å². The highest BCUT2D eigenvalue weighted by molar-refractivity contribution is 5.91. The van der Waals surface area contributed by atoms with Crippen LogP contribution >= 0.6 is 0 Å². The molecule has 1 aromatic rings. The summed E-state index contributed by atoms with van der Waals surface area (Å²) < 4.78 is 10.8. The summed E-state index contributed by atoms with van der Waals surface area (Å²) in [6.07, 6.45) is 1.06. The van der Waals surface area contributed by atoms with Crippen LogP contribution in [0.2, 0.25) is 0 Å². The molecule has 1 amide bonds. The first-order chi connectivity index (χ1) is 10.1. The predicted octanol–water partition coefficient (Wildman–Crippen LogP) is 1.74. The Bertz CT molecular complexity index is 593. The Morgan fingerprint density at radius 1 is 1.29 bits per heavy atom. The van der Waals surface area contributed by atoms with E-state index in [2.05, 4.69) is 0 Å². The Morgan fingerprint density at radius 3 is 2.67 bits per heavy atom. The second kappa shape index (κ2) is 5.06. The number of rotatable bonds is 3. The average Bonchev–Trinajstić information content (AvgIpc) is 2.83. The van der Waals surface area contributed by atoms with Crippen LogP contribution in [0, 0.1) is 5.92 Å². The maximum atomic E-state index is 12.2. The smallest absolute Gasteiger partial charge is 0.223 e. The number of methoxy groups -OCH3 is 2. The monoisotopic (exact) mass is 289 g/mol. The van der Waals surface area contributed by atoms with Crippen LogP contribution in [0.4, 0.5) is 0 Å². The molecule has 5 nitrogen and oxygen atoms in total. The summed E-state index contributed by atoms with van der Waals surface area (Å²) in [5, 5.41) is 0. The van der Waals surface area contributed by atoms with Crippen molar-refractivity contribution < 1.29 is 19.1 Å². The number of carbonyl (C=O) groups excluding carboxylic acids is 2. The van der Waals surface area contributed by atoms with Crippen molar-refractivity contribution >= 4 is 11.7 Å². The Hall–Kier alpha value is -2.04. The van der Waals surface area contributed by atoms with Crippen LogP contribution in [-0.4, -0.2) is 37.4 Å². The highest BCUT2D eigenvalue weighted by Gasteiger charge is 2.46. The lowest BCUT2D eigenvalue weighted by Crippen LogP contribution is -2.36. The largest absolute Gasteiger partial charge is 0.497 e. The van der Waals surface area contributed by atoms with Crippen LogP contribution in [0.5, 0.6) is 11.5 Å². The number of hydrogen-bond donors (Lipinski definition) is 0. The molecule has 2 aliphatic rings. The fraction of sp³-hybridized carbons (Fsp3) is 0.500. The predicted molar refractivity (Wildman–Crippen MR) is 76.5 cm³/mol. The quantitative estimate of drug-likeness (QED) is 0.850. The fourth-order valence-corrected chi connectivity index (χ4v) is 3.50. The lowest BCUT2D eigenvalue weighted by Gasteiger charge is -2.35. The average molecular weight is 289 g/mol. The van der Waals surface area contributed by atoms with Crippen LogP contribution in [0.1, 0.15) is 30.5 Å². The van der Waals surface area contributed by atoms with Crippen molar-refractivity contribution in [1.82, 2.24) is 4.90 Å². The second-order valence-corrected chi connectivity index (χ2v) is 5.61. The first-order valence-electron chi connectivity index (χ1n) is 7.11. The molecule has 0 unspecified atom stereocenters. The molecule has 2 atom stereocenters. The minimum Gasteiger partial charge on any atom is -0.497 e. The van der Waals surface area contributed by atoms with Crippen molar-refractivity contribution in [2.75, 3.05) is 20.8 Å². The highest BCUT2D eigenvalue weighted by Crippen LogP contribution is 2.47. The number of ketones is 1. The molecule has 5 heteroatoms. The molecule has 0 bridgehead atoms. The van der Waals surface area contributed by atoms with Crippen molar-refractivity contribution in [3.8, 4) is 11.5 Å². The van der Waals surface area contributed by atoms with E-state index in [0.717, 1.165) is 23.3 Å². The van der Waals surface area contributed by atoms with Crippen molar-refractivity contribution in [3.63, 3.8) is 0 Å². The number of ether oxygens (including phenoxy) is 2. The van der Waals surface area contributed by atoms with E-state index >= 15 is 0 Å². The Labute approximate surface area is 123 Å². The van der Waals surface area contributed by atoms with E-state index < -0.39 is 0 Å². The van der Waals surface area contributed by atoms with E-state index in [1.165, 1.54) is 0 Å². The van der Waals surface area contributed by atoms with Crippen LogP contribution < -0.4 is 9.47 Å². The van der Waals surface area contributed by atoms with Gasteiger partial charge in [0.15, 0.2) is 0 Å². The number of hydrogen-bond acceptors (Lipinski definition) is 4. The summed E-state index contributed by atoms with van der Waals surface area (Å²) in [4.78, 5) is 25.9. The first-order valence-corrected chi connectivity index (χ1v) is 7.11. The van der Waals surface area contributed by atoms with Gasteiger partial charge in [-0.3, -0.25) is 9.59 Å². The molecule has 0 spiro atoms.